The van der Waals surface area contributed by atoms with Crippen LogP contribution in [-0.2, 0) is 19.4 Å². The fourth-order valence-corrected chi connectivity index (χ4v) is 2.13. The highest BCUT2D eigenvalue weighted by Crippen LogP contribution is 2.09. The highest BCUT2D eigenvalue weighted by molar-refractivity contribution is 7.93. The summed E-state index contributed by atoms with van der Waals surface area (Å²) in [6.45, 7) is 5.47. The Morgan fingerprint density at radius 3 is 1.88 bits per heavy atom. The molecule has 0 spiro atoms. The number of rotatable bonds is 5. The minimum absolute atomic E-state index is 0.673. The Kier molecular flexibility index (Phi) is 4.92. The summed E-state index contributed by atoms with van der Waals surface area (Å²) in [5, 5.41) is 8.77. The first-order valence-electron chi connectivity index (χ1n) is 4.86. The molecule has 2 atom stereocenters. The molecule has 16 heavy (non-hydrogen) atoms. The van der Waals surface area contributed by atoms with Crippen LogP contribution >= 0.6 is 0 Å². The van der Waals surface area contributed by atoms with Crippen molar-refractivity contribution in [3.63, 3.8) is 0 Å². The minimum Gasteiger partial charge on any atom is -0.480 e. The number of carboxylic acids is 1. The van der Waals surface area contributed by atoms with Crippen LogP contribution in [0.25, 0.3) is 0 Å². The van der Waals surface area contributed by atoms with Crippen molar-refractivity contribution in [1.29, 1.82) is 0 Å². The minimum atomic E-state index is -3.55. The van der Waals surface area contributed by atoms with E-state index in [4.69, 9.17) is 5.11 Å². The van der Waals surface area contributed by atoms with Crippen LogP contribution in [0.1, 0.15) is 27.7 Å². The molecule has 2 unspecified atom stereocenters. The topological polar surface area (TPSA) is 101 Å². The lowest BCUT2D eigenvalue weighted by atomic mass is 10.3. The molecule has 0 bridgehead atoms. The smallest absolute Gasteiger partial charge is 0.325 e. The lowest BCUT2D eigenvalue weighted by molar-refractivity contribution is -0.141. The highest BCUT2D eigenvalue weighted by atomic mass is 32.2. The van der Waals surface area contributed by atoms with Crippen LogP contribution in [-0.4, -0.2) is 41.9 Å². The van der Waals surface area contributed by atoms with Gasteiger partial charge >= 0.3 is 5.97 Å². The normalized spacial score (nSPS) is 15.6. The van der Waals surface area contributed by atoms with Gasteiger partial charge in [0.25, 0.3) is 0 Å². The van der Waals surface area contributed by atoms with Crippen molar-refractivity contribution in [3.8, 4) is 0 Å². The van der Waals surface area contributed by atoms with Crippen molar-refractivity contribution in [1.82, 2.24) is 5.32 Å². The molecule has 0 rings (SSSR count). The third-order valence-corrected chi connectivity index (χ3v) is 4.76. The van der Waals surface area contributed by atoms with E-state index in [1.165, 1.54) is 27.7 Å². The number of aliphatic carboxylic acids is 1. The third kappa shape index (κ3) is 3.48. The number of sulfone groups is 1. The Bertz CT molecular complexity index is 373. The van der Waals surface area contributed by atoms with Crippen LogP contribution in [0.5, 0.6) is 0 Å². The molecule has 1 amide bonds. The second-order valence-corrected chi connectivity index (χ2v) is 6.68. The van der Waals surface area contributed by atoms with E-state index in [2.05, 4.69) is 5.32 Å². The molecule has 2 N–H and O–H groups in total. The van der Waals surface area contributed by atoms with Gasteiger partial charge in [0.05, 0.1) is 5.25 Å². The Hall–Kier alpha value is -1.11. The average Bonchev–Trinajstić information content (AvgIpc) is 2.15. The van der Waals surface area contributed by atoms with Crippen molar-refractivity contribution in [3.05, 3.63) is 0 Å². The third-order valence-electron chi connectivity index (χ3n) is 2.25. The largest absolute Gasteiger partial charge is 0.480 e. The van der Waals surface area contributed by atoms with E-state index in [1.54, 1.807) is 0 Å². The number of carbonyl (C=O) groups excluding carboxylic acids is 1. The fourth-order valence-electron chi connectivity index (χ4n) is 0.950. The van der Waals surface area contributed by atoms with Crippen LogP contribution in [0.2, 0.25) is 0 Å². The van der Waals surface area contributed by atoms with E-state index >= 15 is 0 Å². The first-order valence-corrected chi connectivity index (χ1v) is 6.47. The Labute approximate surface area is 95.0 Å². The molecular formula is C9H17NO5S. The van der Waals surface area contributed by atoms with E-state index in [0.29, 0.717) is 0 Å². The van der Waals surface area contributed by atoms with Crippen molar-refractivity contribution < 1.29 is 23.1 Å². The maximum Gasteiger partial charge on any atom is 0.325 e. The highest BCUT2D eigenvalue weighted by Gasteiger charge is 2.31. The number of nitrogens with one attached hydrogen (secondary N) is 1. The Morgan fingerprint density at radius 1 is 1.12 bits per heavy atom. The summed E-state index contributed by atoms with van der Waals surface area (Å²) in [6, 6.07) is -1.10. The summed E-state index contributed by atoms with van der Waals surface area (Å²) < 4.78 is 23.2. The summed E-state index contributed by atoms with van der Waals surface area (Å²) in [5.74, 6) is -1.99. The summed E-state index contributed by atoms with van der Waals surface area (Å²) in [7, 11) is -3.55. The van der Waals surface area contributed by atoms with Gasteiger partial charge in [-0.05, 0) is 27.7 Å². The molecule has 0 saturated heterocycles. The van der Waals surface area contributed by atoms with Gasteiger partial charge in [-0.2, -0.15) is 0 Å². The molecule has 0 saturated carbocycles. The molecule has 0 radical (unpaired) electrons. The molecule has 0 heterocycles. The summed E-state index contributed by atoms with van der Waals surface area (Å²) in [5.41, 5.74) is 0. The lowest BCUT2D eigenvalue weighted by Crippen LogP contribution is -2.46. The van der Waals surface area contributed by atoms with Gasteiger partial charge in [0, 0.05) is 0 Å². The maximum atomic E-state index is 11.6. The van der Waals surface area contributed by atoms with Crippen molar-refractivity contribution in [2.24, 2.45) is 0 Å². The van der Waals surface area contributed by atoms with Crippen molar-refractivity contribution in [2.75, 3.05) is 0 Å². The molecule has 94 valence electrons. The molecule has 7 heteroatoms. The van der Waals surface area contributed by atoms with Gasteiger partial charge in [0.1, 0.15) is 11.3 Å². The van der Waals surface area contributed by atoms with Crippen LogP contribution in [0.3, 0.4) is 0 Å². The molecule has 0 aliphatic heterocycles. The standard InChI is InChI=1S/C9H17NO5S/c1-5(2)16(14,15)7(4)8(11)10-6(3)9(12)13/h5-7H,1-4H3,(H,10,11)(H,12,13). The fraction of sp³-hybridized carbons (Fsp3) is 0.778. The number of hydrogen-bond donors (Lipinski definition) is 2. The monoisotopic (exact) mass is 251 g/mol. The van der Waals surface area contributed by atoms with Gasteiger partial charge in [0.2, 0.25) is 5.91 Å². The van der Waals surface area contributed by atoms with Crippen LogP contribution in [0.15, 0.2) is 0 Å². The predicted molar refractivity (Wildman–Crippen MR) is 58.8 cm³/mol. The van der Waals surface area contributed by atoms with Gasteiger partial charge in [-0.1, -0.05) is 0 Å². The summed E-state index contributed by atoms with van der Waals surface area (Å²) >= 11 is 0. The SMILES string of the molecule is CC(NC(=O)C(C)S(=O)(=O)C(C)C)C(=O)O. The summed E-state index contributed by atoms with van der Waals surface area (Å²) in [6.07, 6.45) is 0. The van der Waals surface area contributed by atoms with Crippen LogP contribution in [0.4, 0.5) is 0 Å². The molecule has 0 aromatic heterocycles. The molecule has 0 aliphatic rings. The second kappa shape index (κ2) is 5.29. The molecular weight excluding hydrogens is 234 g/mol. The van der Waals surface area contributed by atoms with E-state index in [1.807, 2.05) is 0 Å². The zero-order chi connectivity index (χ0) is 13.1. The van der Waals surface area contributed by atoms with Gasteiger partial charge < -0.3 is 10.4 Å². The Morgan fingerprint density at radius 2 is 1.56 bits per heavy atom. The van der Waals surface area contributed by atoms with Gasteiger partial charge in [-0.15, -0.1) is 0 Å². The molecule has 6 nitrogen and oxygen atoms in total. The van der Waals surface area contributed by atoms with Gasteiger partial charge in [-0.3, -0.25) is 9.59 Å². The summed E-state index contributed by atoms with van der Waals surface area (Å²) in [4.78, 5) is 21.9. The second-order valence-electron chi connectivity index (χ2n) is 3.85. The maximum absolute atomic E-state index is 11.6. The van der Waals surface area contributed by atoms with E-state index < -0.39 is 38.3 Å². The van der Waals surface area contributed by atoms with Crippen LogP contribution in [0, 0.1) is 0 Å². The van der Waals surface area contributed by atoms with E-state index in [-0.39, 0.29) is 0 Å². The molecule has 0 aromatic rings. The number of amides is 1. The van der Waals surface area contributed by atoms with Gasteiger partial charge in [0.15, 0.2) is 9.84 Å². The van der Waals surface area contributed by atoms with Crippen LogP contribution < -0.4 is 5.32 Å². The lowest BCUT2D eigenvalue weighted by Gasteiger charge is -2.17. The molecule has 0 fully saturated rings. The number of carbonyl (C=O) groups is 2. The predicted octanol–water partition coefficient (Wildman–Crippen LogP) is -0.213. The van der Waals surface area contributed by atoms with Crippen molar-refractivity contribution >= 4 is 21.7 Å². The molecule has 0 aliphatic carbocycles. The molecule has 0 aromatic carbocycles. The van der Waals surface area contributed by atoms with Crippen molar-refractivity contribution in [2.45, 2.75) is 44.2 Å². The number of carboxylic acid groups (broad SMARTS) is 1. The first kappa shape index (κ1) is 14.9. The van der Waals surface area contributed by atoms with E-state index in [9.17, 15) is 18.0 Å². The average molecular weight is 251 g/mol. The van der Waals surface area contributed by atoms with Gasteiger partial charge in [-0.25, -0.2) is 8.42 Å². The number of hydrogen-bond acceptors (Lipinski definition) is 4. The Balaban J connectivity index is 4.71. The zero-order valence-electron chi connectivity index (χ0n) is 9.72. The first-order chi connectivity index (χ1) is 7.10. The zero-order valence-corrected chi connectivity index (χ0v) is 10.5. The van der Waals surface area contributed by atoms with E-state index in [0.717, 1.165) is 0 Å². The quantitative estimate of drug-likeness (QED) is 0.704.